The summed E-state index contributed by atoms with van der Waals surface area (Å²) in [6, 6.07) is 4.22. The number of aliphatic hydroxyl groups excluding tert-OH is 3. The van der Waals surface area contributed by atoms with Crippen LogP contribution in [0.25, 0.3) is 0 Å². The number of aldehydes is 1. The van der Waals surface area contributed by atoms with Crippen molar-refractivity contribution in [1.29, 1.82) is 0 Å². The Kier molecular flexibility index (Phi) is 4.42. The second-order valence-corrected chi connectivity index (χ2v) is 3.42. The van der Waals surface area contributed by atoms with Gasteiger partial charge < -0.3 is 20.4 Å². The molecule has 0 saturated carbocycles. The molecule has 2 unspecified atom stereocenters. The maximum Gasteiger partial charge on any atom is 0.154 e. The van der Waals surface area contributed by atoms with Gasteiger partial charge in [-0.05, 0) is 18.1 Å². The smallest absolute Gasteiger partial charge is 0.154 e. The van der Waals surface area contributed by atoms with Crippen molar-refractivity contribution >= 4 is 6.29 Å². The molecule has 1 aromatic carbocycles. The lowest BCUT2D eigenvalue weighted by Crippen LogP contribution is -2.20. The molecular formula is C11H14O5. The number of aromatic hydroxyl groups is 1. The normalized spacial score (nSPS) is 14.4. The standard InChI is InChI=1S/C11H14O5/c12-5-4-10(15)11(16)7-2-1-3-9(14)8(7)6-13/h1-3,6,10-12,14-16H,4-5H2. The summed E-state index contributed by atoms with van der Waals surface area (Å²) < 4.78 is 0. The summed E-state index contributed by atoms with van der Waals surface area (Å²) in [7, 11) is 0. The first-order chi connectivity index (χ1) is 7.61. The number of phenols is 1. The Morgan fingerprint density at radius 1 is 1.31 bits per heavy atom. The largest absolute Gasteiger partial charge is 0.507 e. The SMILES string of the molecule is O=Cc1c(O)cccc1C(O)C(O)CCO. The van der Waals surface area contributed by atoms with E-state index in [1.807, 2.05) is 0 Å². The van der Waals surface area contributed by atoms with Crippen LogP contribution in [0.5, 0.6) is 5.75 Å². The zero-order valence-corrected chi connectivity index (χ0v) is 8.58. The predicted molar refractivity (Wildman–Crippen MR) is 56.2 cm³/mol. The van der Waals surface area contributed by atoms with Crippen LogP contribution in [-0.4, -0.2) is 39.4 Å². The van der Waals surface area contributed by atoms with E-state index in [2.05, 4.69) is 0 Å². The fourth-order valence-electron chi connectivity index (χ4n) is 1.45. The van der Waals surface area contributed by atoms with E-state index in [1.165, 1.54) is 18.2 Å². The number of carbonyl (C=O) groups excluding carboxylic acids is 1. The Morgan fingerprint density at radius 3 is 2.56 bits per heavy atom. The molecule has 0 radical (unpaired) electrons. The Morgan fingerprint density at radius 2 is 2.00 bits per heavy atom. The average molecular weight is 226 g/mol. The van der Waals surface area contributed by atoms with E-state index in [0.29, 0.717) is 6.29 Å². The minimum absolute atomic E-state index is 0.00484. The van der Waals surface area contributed by atoms with Gasteiger partial charge in [0.2, 0.25) is 0 Å². The van der Waals surface area contributed by atoms with Crippen LogP contribution in [0.4, 0.5) is 0 Å². The number of rotatable bonds is 5. The van der Waals surface area contributed by atoms with Crippen molar-refractivity contribution in [3.63, 3.8) is 0 Å². The summed E-state index contributed by atoms with van der Waals surface area (Å²) in [5, 5.41) is 37.2. The molecule has 16 heavy (non-hydrogen) atoms. The Labute approximate surface area is 92.6 Å². The topological polar surface area (TPSA) is 98.0 Å². The van der Waals surface area contributed by atoms with Gasteiger partial charge in [0.1, 0.15) is 11.9 Å². The maximum absolute atomic E-state index is 10.7. The minimum Gasteiger partial charge on any atom is -0.507 e. The molecule has 5 heteroatoms. The van der Waals surface area contributed by atoms with Gasteiger partial charge in [0.05, 0.1) is 11.7 Å². The van der Waals surface area contributed by atoms with Crippen molar-refractivity contribution in [1.82, 2.24) is 0 Å². The number of aliphatic hydroxyl groups is 3. The van der Waals surface area contributed by atoms with E-state index >= 15 is 0 Å². The lowest BCUT2D eigenvalue weighted by Gasteiger charge is -2.18. The zero-order chi connectivity index (χ0) is 12.1. The second kappa shape index (κ2) is 5.60. The molecule has 0 heterocycles. The molecule has 0 fully saturated rings. The molecule has 0 bridgehead atoms. The molecule has 0 aromatic heterocycles. The van der Waals surface area contributed by atoms with E-state index in [9.17, 15) is 20.1 Å². The van der Waals surface area contributed by atoms with Crippen LogP contribution >= 0.6 is 0 Å². The molecule has 2 atom stereocenters. The highest BCUT2D eigenvalue weighted by atomic mass is 16.3. The number of hydrogen-bond acceptors (Lipinski definition) is 5. The van der Waals surface area contributed by atoms with Crippen molar-refractivity contribution in [3.8, 4) is 5.75 Å². The fourth-order valence-corrected chi connectivity index (χ4v) is 1.45. The molecule has 1 rings (SSSR count). The Balaban J connectivity index is 3.03. The van der Waals surface area contributed by atoms with Gasteiger partial charge in [0.25, 0.3) is 0 Å². The molecule has 4 N–H and O–H groups in total. The Bertz CT molecular complexity index is 363. The van der Waals surface area contributed by atoms with Crippen LogP contribution in [-0.2, 0) is 0 Å². The quantitative estimate of drug-likeness (QED) is 0.529. The molecule has 0 saturated heterocycles. The van der Waals surface area contributed by atoms with Gasteiger partial charge in [0.15, 0.2) is 6.29 Å². The molecule has 0 aliphatic heterocycles. The maximum atomic E-state index is 10.7. The monoisotopic (exact) mass is 226 g/mol. The predicted octanol–water partition coefficient (Wildman–Crippen LogP) is -0.0186. The van der Waals surface area contributed by atoms with E-state index in [4.69, 9.17) is 5.11 Å². The van der Waals surface area contributed by atoms with Crippen LogP contribution in [0.2, 0.25) is 0 Å². The third kappa shape index (κ3) is 2.57. The minimum atomic E-state index is -1.31. The first-order valence-corrected chi connectivity index (χ1v) is 4.85. The summed E-state index contributed by atoms with van der Waals surface area (Å²) in [5.41, 5.74) is 0.0999. The third-order valence-electron chi connectivity index (χ3n) is 2.34. The van der Waals surface area contributed by atoms with Crippen LogP contribution in [0.1, 0.15) is 28.4 Å². The molecule has 0 aliphatic carbocycles. The van der Waals surface area contributed by atoms with E-state index in [1.54, 1.807) is 0 Å². The Hall–Kier alpha value is -1.43. The van der Waals surface area contributed by atoms with Crippen molar-refractivity contribution in [2.45, 2.75) is 18.6 Å². The molecule has 0 amide bonds. The van der Waals surface area contributed by atoms with Gasteiger partial charge in [-0.15, -0.1) is 0 Å². The van der Waals surface area contributed by atoms with E-state index in [0.717, 1.165) is 0 Å². The fraction of sp³-hybridized carbons (Fsp3) is 0.364. The highest BCUT2D eigenvalue weighted by molar-refractivity contribution is 5.81. The average Bonchev–Trinajstić information content (AvgIpc) is 2.28. The van der Waals surface area contributed by atoms with Crippen molar-refractivity contribution < 1.29 is 25.2 Å². The van der Waals surface area contributed by atoms with Gasteiger partial charge in [-0.2, -0.15) is 0 Å². The van der Waals surface area contributed by atoms with Gasteiger partial charge in [0, 0.05) is 6.61 Å². The van der Waals surface area contributed by atoms with Gasteiger partial charge in [-0.25, -0.2) is 0 Å². The number of phenolic OH excluding ortho intramolecular Hbond substituents is 1. The van der Waals surface area contributed by atoms with Crippen LogP contribution in [0.3, 0.4) is 0 Å². The highest BCUT2D eigenvalue weighted by Gasteiger charge is 2.21. The van der Waals surface area contributed by atoms with Gasteiger partial charge in [-0.1, -0.05) is 12.1 Å². The van der Waals surface area contributed by atoms with Gasteiger partial charge in [-0.3, -0.25) is 4.79 Å². The summed E-state index contributed by atoms with van der Waals surface area (Å²) in [4.78, 5) is 10.7. The first-order valence-electron chi connectivity index (χ1n) is 4.85. The zero-order valence-electron chi connectivity index (χ0n) is 8.58. The summed E-state index contributed by atoms with van der Waals surface area (Å²) in [5.74, 6) is -0.247. The number of benzene rings is 1. The molecule has 0 spiro atoms. The van der Waals surface area contributed by atoms with Crippen LogP contribution in [0.15, 0.2) is 18.2 Å². The number of carbonyl (C=O) groups is 1. The molecule has 0 aliphatic rings. The third-order valence-corrected chi connectivity index (χ3v) is 2.34. The van der Waals surface area contributed by atoms with E-state index < -0.39 is 12.2 Å². The van der Waals surface area contributed by atoms with Crippen LogP contribution < -0.4 is 0 Å². The number of hydrogen-bond donors (Lipinski definition) is 4. The van der Waals surface area contributed by atoms with Crippen molar-refractivity contribution in [2.75, 3.05) is 6.61 Å². The van der Waals surface area contributed by atoms with E-state index in [-0.39, 0.29) is 29.9 Å². The van der Waals surface area contributed by atoms with Crippen molar-refractivity contribution in [2.24, 2.45) is 0 Å². The first kappa shape index (κ1) is 12.6. The molecule has 5 nitrogen and oxygen atoms in total. The molecule has 88 valence electrons. The second-order valence-electron chi connectivity index (χ2n) is 3.42. The summed E-state index contributed by atoms with van der Waals surface area (Å²) in [6.07, 6.45) is -2.07. The summed E-state index contributed by atoms with van der Waals surface area (Å²) in [6.45, 7) is -0.270. The van der Waals surface area contributed by atoms with Crippen LogP contribution in [0, 0.1) is 0 Å². The summed E-state index contributed by atoms with van der Waals surface area (Å²) >= 11 is 0. The van der Waals surface area contributed by atoms with Gasteiger partial charge >= 0.3 is 0 Å². The lowest BCUT2D eigenvalue weighted by atomic mass is 9.97. The van der Waals surface area contributed by atoms with Crippen molar-refractivity contribution in [3.05, 3.63) is 29.3 Å². The molecule has 1 aromatic rings. The lowest BCUT2D eigenvalue weighted by molar-refractivity contribution is 0.00386. The molecular weight excluding hydrogens is 212 g/mol. The highest BCUT2D eigenvalue weighted by Crippen LogP contribution is 2.27.